The molecule has 0 saturated heterocycles. The number of carbonyl (C=O) groups excluding carboxylic acids is 1. The van der Waals surface area contributed by atoms with E-state index in [0.29, 0.717) is 6.61 Å². The topological polar surface area (TPSA) is 52.3 Å². The minimum absolute atomic E-state index is 0.134. The van der Waals surface area contributed by atoms with E-state index in [1.54, 1.807) is 0 Å². The first-order valence-electron chi connectivity index (χ1n) is 16.1. The Morgan fingerprint density at radius 2 is 0.771 bits per heavy atom. The molecule has 0 radical (unpaired) electrons. The van der Waals surface area contributed by atoms with Crippen LogP contribution in [0.2, 0.25) is 0 Å². The van der Waals surface area contributed by atoms with E-state index in [-0.39, 0.29) is 5.97 Å². The maximum atomic E-state index is 13.0. The van der Waals surface area contributed by atoms with Crippen LogP contribution < -0.4 is 5.73 Å². The van der Waals surface area contributed by atoms with Gasteiger partial charge in [-0.05, 0) is 19.3 Å². The first kappa shape index (κ1) is 34.4. The highest BCUT2D eigenvalue weighted by Gasteiger charge is 2.34. The van der Waals surface area contributed by atoms with Gasteiger partial charge in [-0.3, -0.25) is 4.79 Å². The van der Waals surface area contributed by atoms with Gasteiger partial charge in [0.25, 0.3) is 0 Å². The van der Waals surface area contributed by atoms with Crippen LogP contribution in [0.5, 0.6) is 0 Å². The molecule has 0 heterocycles. The Morgan fingerprint density at radius 3 is 1.11 bits per heavy atom. The molecule has 0 amide bonds. The Hall–Kier alpha value is -0.570. The summed E-state index contributed by atoms with van der Waals surface area (Å²) in [7, 11) is 0. The van der Waals surface area contributed by atoms with E-state index < -0.39 is 5.54 Å². The van der Waals surface area contributed by atoms with Crippen molar-refractivity contribution < 1.29 is 9.53 Å². The van der Waals surface area contributed by atoms with Gasteiger partial charge in [-0.2, -0.15) is 0 Å². The molecule has 0 aromatic heterocycles. The standard InChI is InChI=1S/C32H65NO2/c1-4-7-10-13-16-18-19-21-23-26-29-32(33,28-25-22-20-17-14-11-8-5-2)31(34)35-30-27-24-15-12-9-6-3/h4-30,33H2,1-3H3. The Labute approximate surface area is 221 Å². The van der Waals surface area contributed by atoms with E-state index in [2.05, 4.69) is 20.8 Å². The fourth-order valence-corrected chi connectivity index (χ4v) is 5.02. The van der Waals surface area contributed by atoms with Crippen LogP contribution in [0, 0.1) is 0 Å². The van der Waals surface area contributed by atoms with Gasteiger partial charge in [-0.1, -0.05) is 168 Å². The fraction of sp³-hybridized carbons (Fsp3) is 0.969. The summed E-state index contributed by atoms with van der Waals surface area (Å²) in [5.74, 6) is -0.134. The Balaban J connectivity index is 4.24. The molecule has 0 spiro atoms. The van der Waals surface area contributed by atoms with E-state index in [0.717, 1.165) is 38.5 Å². The molecular weight excluding hydrogens is 430 g/mol. The average molecular weight is 496 g/mol. The Kier molecular flexibility index (Phi) is 26.1. The molecule has 2 N–H and O–H groups in total. The highest BCUT2D eigenvalue weighted by Crippen LogP contribution is 2.23. The van der Waals surface area contributed by atoms with Gasteiger partial charge < -0.3 is 10.5 Å². The fourth-order valence-electron chi connectivity index (χ4n) is 5.02. The van der Waals surface area contributed by atoms with Gasteiger partial charge in [0.1, 0.15) is 5.54 Å². The Bertz CT molecular complexity index is 439. The minimum atomic E-state index is -0.773. The maximum Gasteiger partial charge on any atom is 0.326 e. The van der Waals surface area contributed by atoms with E-state index in [9.17, 15) is 4.79 Å². The van der Waals surface area contributed by atoms with Gasteiger partial charge in [0.05, 0.1) is 6.61 Å². The van der Waals surface area contributed by atoms with Crippen LogP contribution in [0.1, 0.15) is 188 Å². The molecular formula is C32H65NO2. The van der Waals surface area contributed by atoms with Crippen molar-refractivity contribution in [3.63, 3.8) is 0 Å². The molecule has 0 fully saturated rings. The predicted molar refractivity (Wildman–Crippen MR) is 155 cm³/mol. The predicted octanol–water partition coefficient (Wildman–Crippen LogP) is 10.4. The molecule has 0 aromatic carbocycles. The molecule has 0 aromatic rings. The monoisotopic (exact) mass is 496 g/mol. The molecule has 3 heteroatoms. The maximum absolute atomic E-state index is 13.0. The molecule has 0 aliphatic heterocycles. The number of ether oxygens (including phenoxy) is 1. The lowest BCUT2D eigenvalue weighted by molar-refractivity contribution is -0.151. The van der Waals surface area contributed by atoms with Gasteiger partial charge in [0, 0.05) is 0 Å². The quantitative estimate of drug-likeness (QED) is 0.0867. The zero-order valence-electron chi connectivity index (χ0n) is 24.5. The minimum Gasteiger partial charge on any atom is -0.464 e. The summed E-state index contributed by atoms with van der Waals surface area (Å²) in [5.41, 5.74) is 5.96. The van der Waals surface area contributed by atoms with Gasteiger partial charge in [-0.25, -0.2) is 0 Å². The van der Waals surface area contributed by atoms with Crippen molar-refractivity contribution in [1.82, 2.24) is 0 Å². The lowest BCUT2D eigenvalue weighted by Crippen LogP contribution is -2.49. The second kappa shape index (κ2) is 26.5. The summed E-state index contributed by atoms with van der Waals surface area (Å²) >= 11 is 0. The van der Waals surface area contributed by atoms with Crippen molar-refractivity contribution in [2.75, 3.05) is 6.61 Å². The molecule has 1 atom stereocenters. The van der Waals surface area contributed by atoms with Gasteiger partial charge in [0.2, 0.25) is 0 Å². The molecule has 0 aliphatic rings. The van der Waals surface area contributed by atoms with Gasteiger partial charge in [0.15, 0.2) is 0 Å². The molecule has 210 valence electrons. The molecule has 0 aliphatic carbocycles. The SMILES string of the molecule is CCCCCCCCCCCCC(N)(CCCCCCCCCC)C(=O)OCCCCCCCC. The first-order chi connectivity index (χ1) is 17.1. The third-order valence-electron chi connectivity index (χ3n) is 7.59. The smallest absolute Gasteiger partial charge is 0.326 e. The summed E-state index contributed by atoms with van der Waals surface area (Å²) in [6.45, 7) is 7.32. The van der Waals surface area contributed by atoms with E-state index >= 15 is 0 Å². The van der Waals surface area contributed by atoms with Gasteiger partial charge >= 0.3 is 5.97 Å². The molecule has 0 saturated carbocycles. The highest BCUT2D eigenvalue weighted by atomic mass is 16.5. The van der Waals surface area contributed by atoms with Crippen LogP contribution in [0.25, 0.3) is 0 Å². The third kappa shape index (κ3) is 22.4. The number of hydrogen-bond donors (Lipinski definition) is 1. The van der Waals surface area contributed by atoms with Crippen LogP contribution in [0.4, 0.5) is 0 Å². The number of nitrogens with two attached hydrogens (primary N) is 1. The lowest BCUT2D eigenvalue weighted by atomic mass is 9.87. The second-order valence-corrected chi connectivity index (χ2v) is 11.2. The molecule has 3 nitrogen and oxygen atoms in total. The largest absolute Gasteiger partial charge is 0.464 e. The number of unbranched alkanes of at least 4 members (excludes halogenated alkanes) is 21. The van der Waals surface area contributed by atoms with Crippen LogP contribution in [0.3, 0.4) is 0 Å². The van der Waals surface area contributed by atoms with Crippen LogP contribution >= 0.6 is 0 Å². The van der Waals surface area contributed by atoms with Crippen LogP contribution in [0.15, 0.2) is 0 Å². The zero-order valence-corrected chi connectivity index (χ0v) is 24.5. The summed E-state index contributed by atoms with van der Waals surface area (Å²) in [6, 6.07) is 0. The number of esters is 1. The number of hydrogen-bond acceptors (Lipinski definition) is 3. The third-order valence-corrected chi connectivity index (χ3v) is 7.59. The molecule has 35 heavy (non-hydrogen) atoms. The first-order valence-corrected chi connectivity index (χ1v) is 16.1. The van der Waals surface area contributed by atoms with Crippen molar-refractivity contribution in [3.8, 4) is 0 Å². The summed E-state index contributed by atoms with van der Waals surface area (Å²) in [6.07, 6.45) is 32.1. The van der Waals surface area contributed by atoms with E-state index in [4.69, 9.17) is 10.5 Å². The van der Waals surface area contributed by atoms with Crippen LogP contribution in [-0.4, -0.2) is 18.1 Å². The van der Waals surface area contributed by atoms with Crippen molar-refractivity contribution in [2.45, 2.75) is 193 Å². The average Bonchev–Trinajstić information content (AvgIpc) is 2.86. The van der Waals surface area contributed by atoms with Crippen molar-refractivity contribution in [1.29, 1.82) is 0 Å². The summed E-state index contributed by atoms with van der Waals surface area (Å²) < 4.78 is 5.71. The molecule has 0 bridgehead atoms. The van der Waals surface area contributed by atoms with Crippen molar-refractivity contribution in [2.24, 2.45) is 5.73 Å². The zero-order chi connectivity index (χ0) is 25.9. The van der Waals surface area contributed by atoms with E-state index in [1.807, 2.05) is 0 Å². The summed E-state index contributed by atoms with van der Waals surface area (Å²) in [5, 5.41) is 0. The molecule has 1 unspecified atom stereocenters. The number of rotatable bonds is 28. The molecule has 0 rings (SSSR count). The highest BCUT2D eigenvalue weighted by molar-refractivity contribution is 5.80. The van der Waals surface area contributed by atoms with Crippen LogP contribution in [-0.2, 0) is 9.53 Å². The normalized spacial score (nSPS) is 13.1. The van der Waals surface area contributed by atoms with E-state index in [1.165, 1.54) is 128 Å². The second-order valence-electron chi connectivity index (χ2n) is 11.2. The van der Waals surface area contributed by atoms with Crippen molar-refractivity contribution in [3.05, 3.63) is 0 Å². The number of carbonyl (C=O) groups is 1. The van der Waals surface area contributed by atoms with Gasteiger partial charge in [-0.15, -0.1) is 0 Å². The Morgan fingerprint density at radius 1 is 0.486 bits per heavy atom. The van der Waals surface area contributed by atoms with Crippen molar-refractivity contribution >= 4 is 5.97 Å². The summed E-state index contributed by atoms with van der Waals surface area (Å²) in [4.78, 5) is 13.0. The lowest BCUT2D eigenvalue weighted by Gasteiger charge is -2.27.